The molecule has 1 aromatic carbocycles. The molecule has 0 spiro atoms. The van der Waals surface area contributed by atoms with E-state index in [2.05, 4.69) is 0 Å². The maximum absolute atomic E-state index is 12.2. The average Bonchev–Trinajstić information content (AvgIpc) is 2.35. The third-order valence-electron chi connectivity index (χ3n) is 2.67. The Kier molecular flexibility index (Phi) is 4.86. The summed E-state index contributed by atoms with van der Waals surface area (Å²) in [7, 11) is -2.01. The lowest BCUT2D eigenvalue weighted by Crippen LogP contribution is -2.20. The van der Waals surface area contributed by atoms with Gasteiger partial charge in [-0.25, -0.2) is 13.2 Å². The number of ether oxygens (including phenoxy) is 1. The van der Waals surface area contributed by atoms with E-state index in [0.29, 0.717) is 13.0 Å². The highest BCUT2D eigenvalue weighted by Gasteiger charge is 2.23. The van der Waals surface area contributed by atoms with E-state index in [0.717, 1.165) is 0 Å². The summed E-state index contributed by atoms with van der Waals surface area (Å²) in [5.74, 6) is -1.14. The highest BCUT2D eigenvalue weighted by Crippen LogP contribution is 2.19. The van der Waals surface area contributed by atoms with Gasteiger partial charge in [0.2, 0.25) is 0 Å². The number of rotatable bonds is 6. The predicted octanol–water partition coefficient (Wildman–Crippen LogP) is 1.58. The standard InChI is InChI=1S/C12H16O5S/c1-9(6-7-17-2)18(15,16)11-5-3-4-10(8-11)12(13)14/h3-5,8-9H,6-7H2,1-2H3,(H,13,14). The number of carboxylic acid groups (broad SMARTS) is 1. The van der Waals surface area contributed by atoms with Crippen LogP contribution in [0.25, 0.3) is 0 Å². The minimum absolute atomic E-state index is 0.0324. The van der Waals surface area contributed by atoms with Crippen molar-refractivity contribution in [1.29, 1.82) is 0 Å². The summed E-state index contributed by atoms with van der Waals surface area (Å²) in [6.45, 7) is 1.93. The van der Waals surface area contributed by atoms with Crippen LogP contribution >= 0.6 is 0 Å². The lowest BCUT2D eigenvalue weighted by atomic mass is 10.2. The van der Waals surface area contributed by atoms with Crippen molar-refractivity contribution in [2.24, 2.45) is 0 Å². The Labute approximate surface area is 106 Å². The van der Waals surface area contributed by atoms with Crippen LogP contribution in [0, 0.1) is 0 Å². The second-order valence-corrected chi connectivity index (χ2v) is 6.34. The molecular formula is C12H16O5S. The second-order valence-electron chi connectivity index (χ2n) is 3.97. The predicted molar refractivity (Wildman–Crippen MR) is 66.5 cm³/mol. The van der Waals surface area contributed by atoms with Gasteiger partial charge in [-0.05, 0) is 31.5 Å². The number of sulfone groups is 1. The van der Waals surface area contributed by atoms with Crippen molar-refractivity contribution >= 4 is 15.8 Å². The van der Waals surface area contributed by atoms with E-state index in [1.165, 1.54) is 31.4 Å². The maximum Gasteiger partial charge on any atom is 0.335 e. The highest BCUT2D eigenvalue weighted by atomic mass is 32.2. The molecule has 0 aliphatic rings. The van der Waals surface area contributed by atoms with Gasteiger partial charge in [-0.3, -0.25) is 0 Å². The van der Waals surface area contributed by atoms with Crippen molar-refractivity contribution in [2.75, 3.05) is 13.7 Å². The number of hydrogen-bond donors (Lipinski definition) is 1. The molecule has 0 bridgehead atoms. The van der Waals surface area contributed by atoms with Gasteiger partial charge in [-0.15, -0.1) is 0 Å². The first-order chi connectivity index (χ1) is 8.39. The molecule has 6 heteroatoms. The number of carboxylic acids is 1. The summed E-state index contributed by atoms with van der Waals surface area (Å²) in [6.07, 6.45) is 0.371. The molecule has 0 radical (unpaired) electrons. The molecule has 0 amide bonds. The first kappa shape index (κ1) is 14.7. The summed E-state index contributed by atoms with van der Waals surface area (Å²) in [5, 5.41) is 8.23. The lowest BCUT2D eigenvalue weighted by Gasteiger charge is -2.12. The number of methoxy groups -OCH3 is 1. The van der Waals surface area contributed by atoms with E-state index < -0.39 is 21.1 Å². The molecule has 0 saturated heterocycles. The first-order valence-electron chi connectivity index (χ1n) is 5.45. The van der Waals surface area contributed by atoms with Gasteiger partial charge < -0.3 is 9.84 Å². The fraction of sp³-hybridized carbons (Fsp3) is 0.417. The highest BCUT2D eigenvalue weighted by molar-refractivity contribution is 7.92. The first-order valence-corrected chi connectivity index (χ1v) is 7.00. The van der Waals surface area contributed by atoms with Gasteiger partial charge >= 0.3 is 5.97 Å². The monoisotopic (exact) mass is 272 g/mol. The molecule has 1 unspecified atom stereocenters. The third kappa shape index (κ3) is 3.30. The quantitative estimate of drug-likeness (QED) is 0.850. The molecule has 0 fully saturated rings. The van der Waals surface area contributed by atoms with Gasteiger partial charge in [0, 0.05) is 13.7 Å². The third-order valence-corrected chi connectivity index (χ3v) is 4.87. The van der Waals surface area contributed by atoms with Crippen molar-refractivity contribution in [3.8, 4) is 0 Å². The summed E-state index contributed by atoms with van der Waals surface area (Å²) in [6, 6.07) is 5.38. The Bertz CT molecular complexity index is 521. The molecule has 18 heavy (non-hydrogen) atoms. The summed E-state index contributed by atoms with van der Waals surface area (Å²) in [4.78, 5) is 10.8. The number of benzene rings is 1. The van der Waals surface area contributed by atoms with Crippen LogP contribution in [0.4, 0.5) is 0 Å². The van der Waals surface area contributed by atoms with Gasteiger partial charge in [0.15, 0.2) is 9.84 Å². The minimum Gasteiger partial charge on any atom is -0.478 e. The second kappa shape index (κ2) is 5.97. The molecule has 0 aromatic heterocycles. The van der Waals surface area contributed by atoms with Crippen LogP contribution in [0.2, 0.25) is 0 Å². The fourth-order valence-electron chi connectivity index (χ4n) is 1.48. The Hall–Kier alpha value is -1.40. The topological polar surface area (TPSA) is 80.7 Å². The fourth-order valence-corrected chi connectivity index (χ4v) is 2.91. The Morgan fingerprint density at radius 3 is 2.67 bits per heavy atom. The summed E-state index contributed by atoms with van der Waals surface area (Å²) in [5.41, 5.74) is -0.0324. The van der Waals surface area contributed by atoms with E-state index >= 15 is 0 Å². The lowest BCUT2D eigenvalue weighted by molar-refractivity contribution is 0.0696. The van der Waals surface area contributed by atoms with Gasteiger partial charge in [0.1, 0.15) is 0 Å². The molecule has 100 valence electrons. The molecule has 0 aliphatic heterocycles. The van der Waals surface area contributed by atoms with E-state index in [1.54, 1.807) is 6.92 Å². The molecule has 1 aromatic rings. The zero-order valence-corrected chi connectivity index (χ0v) is 11.1. The molecular weight excluding hydrogens is 256 g/mol. The van der Waals surface area contributed by atoms with Crippen molar-refractivity contribution in [3.63, 3.8) is 0 Å². The Morgan fingerprint density at radius 2 is 2.11 bits per heavy atom. The SMILES string of the molecule is COCCC(C)S(=O)(=O)c1cccc(C(=O)O)c1. The van der Waals surface area contributed by atoms with E-state index in [4.69, 9.17) is 9.84 Å². The molecule has 0 heterocycles. The van der Waals surface area contributed by atoms with Gasteiger partial charge in [0.05, 0.1) is 15.7 Å². The van der Waals surface area contributed by atoms with E-state index in [-0.39, 0.29) is 10.5 Å². The largest absolute Gasteiger partial charge is 0.478 e. The normalized spacial score (nSPS) is 13.2. The zero-order chi connectivity index (χ0) is 13.8. The van der Waals surface area contributed by atoms with Crippen LogP contribution in [0.15, 0.2) is 29.2 Å². The number of hydrogen-bond acceptors (Lipinski definition) is 4. The zero-order valence-electron chi connectivity index (χ0n) is 10.3. The maximum atomic E-state index is 12.2. The van der Waals surface area contributed by atoms with Crippen LogP contribution in [0.1, 0.15) is 23.7 Å². The van der Waals surface area contributed by atoms with Crippen LogP contribution in [-0.4, -0.2) is 38.5 Å². The summed E-state index contributed by atoms with van der Waals surface area (Å²) < 4.78 is 29.2. The average molecular weight is 272 g/mol. The number of carbonyl (C=O) groups is 1. The minimum atomic E-state index is -3.51. The molecule has 1 N–H and O–H groups in total. The van der Waals surface area contributed by atoms with Gasteiger partial charge in [0.25, 0.3) is 0 Å². The molecule has 0 saturated carbocycles. The van der Waals surface area contributed by atoms with Crippen molar-refractivity contribution in [1.82, 2.24) is 0 Å². The Morgan fingerprint density at radius 1 is 1.44 bits per heavy atom. The molecule has 0 aliphatic carbocycles. The van der Waals surface area contributed by atoms with Crippen LogP contribution in [-0.2, 0) is 14.6 Å². The van der Waals surface area contributed by atoms with E-state index in [9.17, 15) is 13.2 Å². The van der Waals surface area contributed by atoms with Gasteiger partial charge in [-0.2, -0.15) is 0 Å². The van der Waals surface area contributed by atoms with Crippen molar-refractivity contribution in [3.05, 3.63) is 29.8 Å². The molecule has 5 nitrogen and oxygen atoms in total. The van der Waals surface area contributed by atoms with Crippen molar-refractivity contribution < 1.29 is 23.1 Å². The molecule has 1 atom stereocenters. The van der Waals surface area contributed by atoms with Crippen LogP contribution in [0.5, 0.6) is 0 Å². The van der Waals surface area contributed by atoms with Gasteiger partial charge in [-0.1, -0.05) is 6.07 Å². The number of aromatic carboxylic acids is 1. The van der Waals surface area contributed by atoms with Crippen LogP contribution in [0.3, 0.4) is 0 Å². The van der Waals surface area contributed by atoms with Crippen LogP contribution < -0.4 is 0 Å². The van der Waals surface area contributed by atoms with Crippen molar-refractivity contribution in [2.45, 2.75) is 23.5 Å². The smallest absolute Gasteiger partial charge is 0.335 e. The van der Waals surface area contributed by atoms with E-state index in [1.807, 2.05) is 0 Å². The Balaban J connectivity index is 3.04. The molecule has 1 rings (SSSR count). The summed E-state index contributed by atoms with van der Waals surface area (Å²) >= 11 is 0.